The van der Waals surface area contributed by atoms with Crippen LogP contribution in [-0.4, -0.2) is 25.8 Å². The van der Waals surface area contributed by atoms with Crippen molar-refractivity contribution in [1.29, 1.82) is 0 Å². The molecule has 1 amide bonds. The molecule has 0 aliphatic rings. The zero-order chi connectivity index (χ0) is 17.5. The molecule has 5 nitrogen and oxygen atoms in total. The molecule has 0 aliphatic carbocycles. The third kappa shape index (κ3) is 5.35. The first-order chi connectivity index (χ1) is 11.5. The van der Waals surface area contributed by atoms with Gasteiger partial charge in [-0.1, -0.05) is 12.1 Å². The largest absolute Gasteiger partial charge is 0.497 e. The highest BCUT2D eigenvalue weighted by atomic mass is 79.9. The fourth-order valence-electron chi connectivity index (χ4n) is 1.98. The maximum atomic E-state index is 11.9. The smallest absolute Gasteiger partial charge is 0.259 e. The maximum Gasteiger partial charge on any atom is 0.259 e. The van der Waals surface area contributed by atoms with Gasteiger partial charge in [-0.05, 0) is 74.2 Å². The summed E-state index contributed by atoms with van der Waals surface area (Å²) in [4.78, 5) is 11.9. The van der Waals surface area contributed by atoms with Crippen LogP contribution in [0.25, 0.3) is 0 Å². The molecule has 0 atom stereocenters. The van der Waals surface area contributed by atoms with Crippen molar-refractivity contribution >= 4 is 49.7 Å². The van der Waals surface area contributed by atoms with E-state index in [0.717, 1.165) is 31.5 Å². The lowest BCUT2D eigenvalue weighted by atomic mass is 10.2. The molecule has 0 spiro atoms. The van der Waals surface area contributed by atoms with Gasteiger partial charge in [-0.15, -0.1) is 0 Å². The van der Waals surface area contributed by atoms with Crippen molar-refractivity contribution in [3.8, 4) is 5.75 Å². The molecule has 0 saturated carbocycles. The molecule has 0 fully saturated rings. The Balaban J connectivity index is 1.89. The molecule has 2 aromatic carbocycles. The summed E-state index contributed by atoms with van der Waals surface area (Å²) in [7, 11) is 1.60. The van der Waals surface area contributed by atoms with E-state index in [0.29, 0.717) is 0 Å². The number of aryl methyl sites for hydroxylation is 1. The minimum atomic E-state index is -0.242. The van der Waals surface area contributed by atoms with Crippen LogP contribution in [0, 0.1) is 6.92 Å². The number of carbonyl (C=O) groups is 1. The second-order valence-electron chi connectivity index (χ2n) is 5.03. The molecule has 2 aromatic rings. The number of hydrogen-bond donors (Lipinski definition) is 2. The Morgan fingerprint density at radius 1 is 1.25 bits per heavy atom. The maximum absolute atomic E-state index is 11.9. The van der Waals surface area contributed by atoms with E-state index in [2.05, 4.69) is 47.7 Å². The Hall–Kier alpha value is -1.86. The van der Waals surface area contributed by atoms with Gasteiger partial charge >= 0.3 is 0 Å². The molecule has 7 heteroatoms. The number of amides is 1. The number of carbonyl (C=O) groups excluding carboxylic acids is 1. The number of hydrazone groups is 1. The highest BCUT2D eigenvalue weighted by Gasteiger charge is 2.07. The van der Waals surface area contributed by atoms with Crippen molar-refractivity contribution in [3.05, 3.63) is 56.5 Å². The van der Waals surface area contributed by atoms with Crippen molar-refractivity contribution in [2.75, 3.05) is 19.0 Å². The number of hydrogen-bond acceptors (Lipinski definition) is 4. The van der Waals surface area contributed by atoms with Gasteiger partial charge in [0, 0.05) is 8.95 Å². The summed E-state index contributed by atoms with van der Waals surface area (Å²) in [5, 5.41) is 7.02. The summed E-state index contributed by atoms with van der Waals surface area (Å²) in [6.45, 7) is 2.11. The Bertz CT molecular complexity index is 740. The third-order valence-electron chi connectivity index (χ3n) is 3.11. The molecule has 24 heavy (non-hydrogen) atoms. The molecule has 0 aromatic heterocycles. The first-order valence-electron chi connectivity index (χ1n) is 7.15. The monoisotopic (exact) mass is 453 g/mol. The van der Waals surface area contributed by atoms with Gasteiger partial charge in [0.25, 0.3) is 5.91 Å². The van der Waals surface area contributed by atoms with Gasteiger partial charge in [-0.25, -0.2) is 5.43 Å². The van der Waals surface area contributed by atoms with Gasteiger partial charge in [-0.2, -0.15) is 5.10 Å². The van der Waals surface area contributed by atoms with E-state index in [-0.39, 0.29) is 12.5 Å². The van der Waals surface area contributed by atoms with E-state index in [1.54, 1.807) is 13.3 Å². The molecular formula is C17H17Br2N3O2. The first kappa shape index (κ1) is 18.5. The lowest BCUT2D eigenvalue weighted by Gasteiger charge is -2.11. The molecule has 0 heterocycles. The van der Waals surface area contributed by atoms with E-state index >= 15 is 0 Å². The van der Waals surface area contributed by atoms with Gasteiger partial charge in [0.2, 0.25) is 0 Å². The summed E-state index contributed by atoms with van der Waals surface area (Å²) < 4.78 is 6.91. The molecule has 0 saturated heterocycles. The summed E-state index contributed by atoms with van der Waals surface area (Å²) in [5.74, 6) is 0.495. The Labute approximate surface area is 157 Å². The van der Waals surface area contributed by atoms with Crippen molar-refractivity contribution < 1.29 is 9.53 Å². The zero-order valence-corrected chi connectivity index (χ0v) is 16.4. The molecule has 2 N–H and O–H groups in total. The molecular weight excluding hydrogens is 438 g/mol. The van der Waals surface area contributed by atoms with E-state index in [4.69, 9.17) is 4.74 Å². The Morgan fingerprint density at radius 2 is 1.96 bits per heavy atom. The quantitative estimate of drug-likeness (QED) is 0.510. The number of anilines is 1. The minimum Gasteiger partial charge on any atom is -0.497 e. The van der Waals surface area contributed by atoms with Crippen LogP contribution < -0.4 is 15.5 Å². The highest BCUT2D eigenvalue weighted by Crippen LogP contribution is 2.32. The minimum absolute atomic E-state index is 0.107. The highest BCUT2D eigenvalue weighted by molar-refractivity contribution is 9.11. The number of rotatable bonds is 6. The lowest BCUT2D eigenvalue weighted by Crippen LogP contribution is -2.26. The average Bonchev–Trinajstić information content (AvgIpc) is 2.54. The normalized spacial score (nSPS) is 10.7. The first-order valence-corrected chi connectivity index (χ1v) is 8.73. The molecule has 2 rings (SSSR count). The van der Waals surface area contributed by atoms with Crippen LogP contribution in [0.1, 0.15) is 11.1 Å². The van der Waals surface area contributed by atoms with Crippen LogP contribution in [0.15, 0.2) is 50.4 Å². The number of benzene rings is 2. The Morgan fingerprint density at radius 3 is 2.62 bits per heavy atom. The van der Waals surface area contributed by atoms with E-state index in [1.165, 1.54) is 0 Å². The zero-order valence-electron chi connectivity index (χ0n) is 13.3. The van der Waals surface area contributed by atoms with Gasteiger partial charge in [-0.3, -0.25) is 4.79 Å². The summed E-state index contributed by atoms with van der Waals surface area (Å²) >= 11 is 6.96. The number of nitrogens with one attached hydrogen (secondary N) is 2. The number of nitrogens with zero attached hydrogens (tertiary/aromatic N) is 1. The second kappa shape index (κ2) is 8.84. The molecule has 0 unspecified atom stereocenters. The van der Waals surface area contributed by atoms with E-state index < -0.39 is 0 Å². The van der Waals surface area contributed by atoms with Gasteiger partial charge in [0.15, 0.2) is 0 Å². The van der Waals surface area contributed by atoms with Crippen molar-refractivity contribution in [3.63, 3.8) is 0 Å². The fraction of sp³-hybridized carbons (Fsp3) is 0.176. The topological polar surface area (TPSA) is 62.7 Å². The third-order valence-corrected chi connectivity index (χ3v) is 4.36. The summed E-state index contributed by atoms with van der Waals surface area (Å²) in [6, 6.07) is 11.4. The molecule has 126 valence electrons. The van der Waals surface area contributed by atoms with Gasteiger partial charge in [0.05, 0.1) is 25.6 Å². The fourth-order valence-corrected chi connectivity index (χ4v) is 3.67. The Kier molecular flexibility index (Phi) is 6.81. The van der Waals surface area contributed by atoms with Crippen LogP contribution in [-0.2, 0) is 4.79 Å². The van der Waals surface area contributed by atoms with Crippen LogP contribution >= 0.6 is 31.9 Å². The molecule has 0 bridgehead atoms. The number of halogens is 2. The second-order valence-corrected chi connectivity index (χ2v) is 6.74. The molecule has 0 aliphatic heterocycles. The van der Waals surface area contributed by atoms with Crippen LogP contribution in [0.5, 0.6) is 5.75 Å². The van der Waals surface area contributed by atoms with Crippen LogP contribution in [0.3, 0.4) is 0 Å². The SMILES string of the molecule is COc1cccc(/C=N\NC(=O)CNc2c(Br)cc(C)cc2Br)c1. The lowest BCUT2D eigenvalue weighted by molar-refractivity contribution is -0.119. The summed E-state index contributed by atoms with van der Waals surface area (Å²) in [5.41, 5.74) is 5.27. The van der Waals surface area contributed by atoms with Crippen molar-refractivity contribution in [1.82, 2.24) is 5.43 Å². The van der Waals surface area contributed by atoms with Crippen LogP contribution in [0.4, 0.5) is 5.69 Å². The van der Waals surface area contributed by atoms with E-state index in [9.17, 15) is 4.79 Å². The number of methoxy groups -OCH3 is 1. The summed E-state index contributed by atoms with van der Waals surface area (Å²) in [6.07, 6.45) is 1.57. The number of ether oxygens (including phenoxy) is 1. The predicted molar refractivity (Wildman–Crippen MR) is 104 cm³/mol. The van der Waals surface area contributed by atoms with E-state index in [1.807, 2.05) is 43.3 Å². The van der Waals surface area contributed by atoms with Crippen molar-refractivity contribution in [2.24, 2.45) is 5.10 Å². The predicted octanol–water partition coefficient (Wildman–Crippen LogP) is 4.09. The van der Waals surface area contributed by atoms with Crippen LogP contribution in [0.2, 0.25) is 0 Å². The van der Waals surface area contributed by atoms with Crippen molar-refractivity contribution in [2.45, 2.75) is 6.92 Å². The molecule has 0 radical (unpaired) electrons. The standard InChI is InChI=1S/C17H17Br2N3O2/c1-11-6-14(18)17(15(19)7-11)20-10-16(23)22-21-9-12-4-3-5-13(8-12)24-2/h3-9,20H,10H2,1-2H3,(H,22,23)/b21-9-. The average molecular weight is 455 g/mol. The van der Waals surface area contributed by atoms with Gasteiger partial charge < -0.3 is 10.1 Å². The van der Waals surface area contributed by atoms with Gasteiger partial charge in [0.1, 0.15) is 5.75 Å².